The molecule has 0 aliphatic carbocycles. The second-order valence-electron chi connectivity index (χ2n) is 25.0. The third kappa shape index (κ3) is 30.7. The summed E-state index contributed by atoms with van der Waals surface area (Å²) in [7, 11) is -28.4. The highest BCUT2D eigenvalue weighted by molar-refractivity contribution is 6.93. The fraction of sp³-hybridized carbons (Fsp3) is 1.00. The maximum Gasteiger partial charge on any atom is 0.314 e. The monoisotopic (exact) mass is 1130 g/mol. The van der Waals surface area contributed by atoms with Crippen LogP contribution in [-0.2, 0) is 41.2 Å². The second kappa shape index (κ2) is 25.9. The van der Waals surface area contributed by atoms with Crippen LogP contribution >= 0.6 is 0 Å². The minimum absolute atomic E-state index is 0.0497. The van der Waals surface area contributed by atoms with Crippen LogP contribution in [0.15, 0.2) is 0 Å². The van der Waals surface area contributed by atoms with Gasteiger partial charge in [-0.2, -0.15) is 0 Å². The highest BCUT2D eigenvalue weighted by Gasteiger charge is 2.49. The smallest absolute Gasteiger partial charge is 0.314 e. The predicted molar refractivity (Wildman–Crippen MR) is 305 cm³/mol. The van der Waals surface area contributed by atoms with Crippen molar-refractivity contribution >= 4 is 102 Å². The van der Waals surface area contributed by atoms with Gasteiger partial charge in [0.05, 0.1) is 13.2 Å². The highest BCUT2D eigenvalue weighted by atomic mass is 28.5. The van der Waals surface area contributed by atoms with E-state index in [9.17, 15) is 10.2 Å². The molecule has 0 aliphatic heterocycles. The Morgan fingerprint density at radius 1 is 0.277 bits per heavy atom. The number of aliphatic hydroxyl groups excluding tert-OH is 2. The highest BCUT2D eigenvalue weighted by Crippen LogP contribution is 2.36. The summed E-state index contributed by atoms with van der Waals surface area (Å²) in [4.78, 5) is 0. The van der Waals surface area contributed by atoms with Crippen LogP contribution in [0.25, 0.3) is 0 Å². The van der Waals surface area contributed by atoms with Gasteiger partial charge in [-0.3, -0.25) is 0 Å². The SMILES string of the molecule is CCCC[Si](C)(C)O[Si](C)(C)O[Si](C)(C)O[Si](C)(C)O[Si](C)(C)O[Si](C)(C)CCCC(CO)(CO)CCC[Si](C)(C)O[Si](C)(C)O[Si](C)(C)O[Si](C)(C)O[Si](C)(C)O[Si](C)(C)CCCC. The van der Waals surface area contributed by atoms with Gasteiger partial charge in [0.2, 0.25) is 0 Å². The molecular formula is C41H108O12Si12. The van der Waals surface area contributed by atoms with Crippen LogP contribution in [0.5, 0.6) is 0 Å². The molecule has 0 atom stereocenters. The van der Waals surface area contributed by atoms with Gasteiger partial charge >= 0.3 is 68.5 Å². The first-order valence-corrected chi connectivity index (χ1v) is 60.0. The van der Waals surface area contributed by atoms with Gasteiger partial charge in [0, 0.05) is 5.41 Å². The molecule has 65 heavy (non-hydrogen) atoms. The van der Waals surface area contributed by atoms with Crippen molar-refractivity contribution in [1.82, 2.24) is 0 Å². The summed E-state index contributed by atoms with van der Waals surface area (Å²) in [5, 5.41) is 21.4. The molecule has 0 amide bonds. The molecule has 0 bridgehead atoms. The predicted octanol–water partition coefficient (Wildman–Crippen LogP) is 13.7. The molecule has 0 saturated heterocycles. The lowest BCUT2D eigenvalue weighted by atomic mass is 9.81. The minimum atomic E-state index is -2.63. The van der Waals surface area contributed by atoms with E-state index in [1.807, 2.05) is 0 Å². The van der Waals surface area contributed by atoms with E-state index in [1.165, 1.54) is 25.7 Å². The quantitative estimate of drug-likeness (QED) is 0.0579. The summed E-state index contributed by atoms with van der Waals surface area (Å²) in [6, 6.07) is 4.10. The Kier molecular flexibility index (Phi) is 26.7. The zero-order valence-electron chi connectivity index (χ0n) is 47.4. The Labute approximate surface area is 415 Å². The van der Waals surface area contributed by atoms with Crippen molar-refractivity contribution in [3.8, 4) is 0 Å². The average molecular weight is 1130 g/mol. The first-order chi connectivity index (χ1) is 28.7. The molecular weight excluding hydrogens is 1020 g/mol. The van der Waals surface area contributed by atoms with E-state index in [0.717, 1.165) is 49.9 Å². The van der Waals surface area contributed by atoms with Gasteiger partial charge in [-0.1, -0.05) is 52.4 Å². The van der Waals surface area contributed by atoms with Crippen molar-refractivity contribution in [2.75, 3.05) is 13.2 Å². The van der Waals surface area contributed by atoms with Crippen molar-refractivity contribution < 1.29 is 51.4 Å². The molecule has 0 aliphatic rings. The summed E-state index contributed by atoms with van der Waals surface area (Å²) >= 11 is 0. The minimum Gasteiger partial charge on any atom is -0.436 e. The zero-order chi connectivity index (χ0) is 51.5. The lowest BCUT2D eigenvalue weighted by Gasteiger charge is -2.43. The van der Waals surface area contributed by atoms with Gasteiger partial charge in [0.1, 0.15) is 0 Å². The number of unbranched alkanes of at least 4 members (excludes halogenated alkanes) is 2. The molecule has 0 saturated carbocycles. The third-order valence-electron chi connectivity index (χ3n) is 10.9. The molecule has 0 heterocycles. The summed E-state index contributed by atoms with van der Waals surface area (Å²) < 4.78 is 68.4. The molecule has 12 nitrogen and oxygen atoms in total. The van der Waals surface area contributed by atoms with Crippen molar-refractivity contribution in [2.24, 2.45) is 5.41 Å². The molecule has 0 rings (SSSR count). The van der Waals surface area contributed by atoms with Crippen LogP contribution in [-0.4, -0.2) is 125 Å². The van der Waals surface area contributed by atoms with E-state index in [4.69, 9.17) is 41.2 Å². The first kappa shape index (κ1) is 67.1. The van der Waals surface area contributed by atoms with Gasteiger partial charge in [-0.25, -0.2) is 0 Å². The molecule has 24 heteroatoms. The summed E-state index contributed by atoms with van der Waals surface area (Å²) in [6.07, 6.45) is 7.93. The Balaban J connectivity index is 5.42. The Hall–Kier alpha value is 2.12. The topological polar surface area (TPSA) is 133 Å². The first-order valence-electron chi connectivity index (χ1n) is 25.0. The van der Waals surface area contributed by atoms with Gasteiger partial charge in [0.15, 0.2) is 33.3 Å². The summed E-state index contributed by atoms with van der Waals surface area (Å²) in [5.74, 6) is 0. The van der Waals surface area contributed by atoms with E-state index in [0.29, 0.717) is 0 Å². The Bertz CT molecular complexity index is 1290. The van der Waals surface area contributed by atoms with Crippen LogP contribution in [0.3, 0.4) is 0 Å². The maximum absolute atomic E-state index is 10.7. The summed E-state index contributed by atoms with van der Waals surface area (Å²) in [6.45, 7) is 56.7. The molecule has 2 N–H and O–H groups in total. The largest absolute Gasteiger partial charge is 0.436 e. The van der Waals surface area contributed by atoms with E-state index < -0.39 is 107 Å². The van der Waals surface area contributed by atoms with Crippen molar-refractivity contribution in [1.29, 1.82) is 0 Å². The maximum atomic E-state index is 10.7. The van der Waals surface area contributed by atoms with Crippen LogP contribution < -0.4 is 0 Å². The molecule has 0 unspecified atom stereocenters. The average Bonchev–Trinajstić information content (AvgIpc) is 2.99. The van der Waals surface area contributed by atoms with Crippen molar-refractivity contribution in [2.45, 2.75) is 247 Å². The molecule has 0 radical (unpaired) electrons. The van der Waals surface area contributed by atoms with Gasteiger partial charge in [-0.05, 0) is 194 Å². The van der Waals surface area contributed by atoms with Crippen molar-refractivity contribution in [3.05, 3.63) is 0 Å². The lowest BCUT2D eigenvalue weighted by molar-refractivity contribution is 0.0381. The third-order valence-corrected chi connectivity index (χ3v) is 57.5. The number of rotatable bonds is 36. The fourth-order valence-corrected chi connectivity index (χ4v) is 70.2. The molecule has 0 aromatic heterocycles. The zero-order valence-corrected chi connectivity index (χ0v) is 59.4. The van der Waals surface area contributed by atoms with Gasteiger partial charge in [0.25, 0.3) is 0 Å². The van der Waals surface area contributed by atoms with E-state index in [-0.39, 0.29) is 13.2 Å². The number of hydrogen-bond acceptors (Lipinski definition) is 12. The van der Waals surface area contributed by atoms with Gasteiger partial charge in [-0.15, -0.1) is 0 Å². The van der Waals surface area contributed by atoms with Crippen LogP contribution in [0.4, 0.5) is 0 Å². The van der Waals surface area contributed by atoms with Crippen molar-refractivity contribution in [3.63, 3.8) is 0 Å². The lowest BCUT2D eigenvalue weighted by Crippen LogP contribution is -2.60. The molecule has 0 fully saturated rings. The fourth-order valence-electron chi connectivity index (χ4n) is 10.1. The standard InChI is InChI=1S/C41H108O12Si12/c1-27-29-35-54(3,4)44-58(11,12)48-62(19,20)52-64(23,24)50-60(15,16)46-56(7,8)37-31-33-41(39-42,40-43)34-32-38-57(9,10)47-61(17,18)51-65(25,26)53-63(21,22)49-59(13,14)45-55(5,6)36-30-28-2/h42-43H,27-40H2,1-26H3. The Morgan fingerprint density at radius 2 is 0.446 bits per heavy atom. The van der Waals surface area contributed by atoms with Gasteiger partial charge < -0.3 is 51.4 Å². The van der Waals surface area contributed by atoms with E-state index in [1.54, 1.807) is 0 Å². The number of aliphatic hydroxyl groups is 2. The Morgan fingerprint density at radius 3 is 0.615 bits per heavy atom. The molecule has 0 spiro atoms. The van der Waals surface area contributed by atoms with E-state index >= 15 is 0 Å². The number of hydrogen-bond donors (Lipinski definition) is 2. The van der Waals surface area contributed by atoms with Crippen LogP contribution in [0, 0.1) is 5.41 Å². The normalized spacial score (nSPS) is 15.3. The summed E-state index contributed by atoms with van der Waals surface area (Å²) in [5.41, 5.74) is -0.553. The molecule has 0 aromatic carbocycles. The van der Waals surface area contributed by atoms with Crippen LogP contribution in [0.2, 0.25) is 181 Å². The second-order valence-corrected chi connectivity index (χ2v) is 71.6. The van der Waals surface area contributed by atoms with E-state index in [2.05, 4.69) is 171 Å². The molecule has 392 valence electrons. The van der Waals surface area contributed by atoms with Crippen LogP contribution in [0.1, 0.15) is 65.2 Å². The molecule has 0 aromatic rings.